The van der Waals surface area contributed by atoms with Crippen molar-refractivity contribution >= 4 is 39.5 Å². The van der Waals surface area contributed by atoms with Crippen LogP contribution in [0, 0.1) is 11.8 Å². The summed E-state index contributed by atoms with van der Waals surface area (Å²) in [7, 11) is -9.87. The van der Waals surface area contributed by atoms with Gasteiger partial charge in [-0.25, -0.2) is 9.13 Å². The van der Waals surface area contributed by atoms with Crippen LogP contribution in [0.25, 0.3) is 0 Å². The van der Waals surface area contributed by atoms with Gasteiger partial charge in [-0.2, -0.15) is 0 Å². The number of unbranched alkanes of at least 4 members (excludes halogenated alkanes) is 32. The van der Waals surface area contributed by atoms with Crippen LogP contribution in [0.5, 0.6) is 0 Å². The second-order valence-corrected chi connectivity index (χ2v) is 26.7. The summed E-state index contributed by atoms with van der Waals surface area (Å²) >= 11 is 0. The van der Waals surface area contributed by atoms with Crippen molar-refractivity contribution in [1.29, 1.82) is 0 Å². The third-order valence-electron chi connectivity index (χ3n) is 14.5. The van der Waals surface area contributed by atoms with Crippen molar-refractivity contribution in [2.75, 3.05) is 39.6 Å². The lowest BCUT2D eigenvalue weighted by Gasteiger charge is -2.21. The van der Waals surface area contributed by atoms with Crippen LogP contribution >= 0.6 is 15.6 Å². The minimum atomic E-state index is -4.94. The maximum Gasteiger partial charge on any atom is 0.472 e. The number of hydrogen-bond donors (Lipinski definition) is 3. The third-order valence-corrected chi connectivity index (χ3v) is 16.4. The molecule has 0 heterocycles. The fourth-order valence-electron chi connectivity index (χ4n) is 9.35. The molecule has 0 aromatic carbocycles. The van der Waals surface area contributed by atoms with E-state index in [2.05, 4.69) is 41.5 Å². The Kier molecular flexibility index (Phi) is 54.3. The molecule has 486 valence electrons. The molecule has 0 radical (unpaired) electrons. The summed E-state index contributed by atoms with van der Waals surface area (Å²) in [6.45, 7) is 9.30. The van der Waals surface area contributed by atoms with E-state index in [1.165, 1.54) is 103 Å². The van der Waals surface area contributed by atoms with E-state index >= 15 is 0 Å². The molecule has 2 unspecified atom stereocenters. The molecule has 0 aromatic heterocycles. The Labute approximate surface area is 498 Å². The first-order valence-corrected chi connectivity index (χ1v) is 36.0. The van der Waals surface area contributed by atoms with Gasteiger partial charge in [-0.15, -0.1) is 0 Å². The fraction of sp³-hybridized carbons (Fsp3) is 0.937. The van der Waals surface area contributed by atoms with Crippen LogP contribution in [0.1, 0.15) is 311 Å². The lowest BCUT2D eigenvalue weighted by molar-refractivity contribution is -0.161. The zero-order valence-corrected chi connectivity index (χ0v) is 54.6. The average molecular weight is 1210 g/mol. The standard InChI is InChI=1S/C63H122O17P2/c1-7-9-11-13-26-35-41-47-62(67)79-58(51-73-60(65)45-39-31-12-10-8-2)53-77-81(69,70)75-49-57(64)50-76-82(71,72)78-54-59(52-74-61(66)46-40-34-30-29-33-38-44-56(5)6)80-63(68)48-42-36-28-25-23-21-19-17-15-14-16-18-20-22-24-27-32-37-43-55(3)4/h55-59,64H,7-54H2,1-6H3,(H,69,70)(H,71,72)/t57-,58+,59+/m0/s1. The lowest BCUT2D eigenvalue weighted by Crippen LogP contribution is -2.30. The van der Waals surface area contributed by atoms with Gasteiger partial charge >= 0.3 is 39.5 Å². The van der Waals surface area contributed by atoms with Crippen LogP contribution in [-0.2, 0) is 65.4 Å². The van der Waals surface area contributed by atoms with Gasteiger partial charge in [0.2, 0.25) is 0 Å². The van der Waals surface area contributed by atoms with Gasteiger partial charge in [0.25, 0.3) is 0 Å². The highest BCUT2D eigenvalue weighted by Crippen LogP contribution is 2.45. The molecule has 19 heteroatoms. The minimum absolute atomic E-state index is 0.102. The van der Waals surface area contributed by atoms with Crippen LogP contribution in [0.4, 0.5) is 0 Å². The van der Waals surface area contributed by atoms with E-state index in [1.807, 2.05) is 0 Å². The molecule has 0 fully saturated rings. The highest BCUT2D eigenvalue weighted by molar-refractivity contribution is 7.47. The average Bonchev–Trinajstić information content (AvgIpc) is 3.43. The monoisotopic (exact) mass is 1210 g/mol. The highest BCUT2D eigenvalue weighted by atomic mass is 31.2. The van der Waals surface area contributed by atoms with Crippen molar-refractivity contribution in [3.63, 3.8) is 0 Å². The summed E-state index contributed by atoms with van der Waals surface area (Å²) in [5.74, 6) is -0.654. The molecule has 0 aliphatic heterocycles. The Hall–Kier alpha value is -1.94. The van der Waals surface area contributed by atoms with Crippen molar-refractivity contribution in [2.24, 2.45) is 11.8 Å². The molecule has 3 N–H and O–H groups in total. The topological polar surface area (TPSA) is 237 Å². The van der Waals surface area contributed by atoms with Crippen LogP contribution in [0.2, 0.25) is 0 Å². The summed E-state index contributed by atoms with van der Waals surface area (Å²) in [5, 5.41) is 10.5. The smallest absolute Gasteiger partial charge is 0.462 e. The number of hydrogen-bond acceptors (Lipinski definition) is 15. The molecule has 82 heavy (non-hydrogen) atoms. The predicted octanol–water partition coefficient (Wildman–Crippen LogP) is 17.3. The molecule has 0 aromatic rings. The third kappa shape index (κ3) is 57.2. The number of carbonyl (C=O) groups is 4. The Bertz CT molecular complexity index is 1620. The highest BCUT2D eigenvalue weighted by Gasteiger charge is 2.30. The second-order valence-electron chi connectivity index (χ2n) is 23.7. The number of phosphoric acid groups is 2. The quantitative estimate of drug-likeness (QED) is 0.0222. The van der Waals surface area contributed by atoms with Gasteiger partial charge < -0.3 is 33.8 Å². The van der Waals surface area contributed by atoms with Crippen LogP contribution in [-0.4, -0.2) is 96.7 Å². The molecule has 0 rings (SSSR count). The number of esters is 4. The van der Waals surface area contributed by atoms with Crippen LogP contribution in [0.3, 0.4) is 0 Å². The van der Waals surface area contributed by atoms with Gasteiger partial charge in [0.05, 0.1) is 26.4 Å². The van der Waals surface area contributed by atoms with E-state index in [0.29, 0.717) is 31.6 Å². The Morgan fingerprint density at radius 3 is 0.829 bits per heavy atom. The molecule has 17 nitrogen and oxygen atoms in total. The number of carbonyl (C=O) groups excluding carboxylic acids is 4. The largest absolute Gasteiger partial charge is 0.472 e. The Morgan fingerprint density at radius 1 is 0.329 bits per heavy atom. The predicted molar refractivity (Wildman–Crippen MR) is 326 cm³/mol. The zero-order chi connectivity index (χ0) is 60.8. The summed E-state index contributed by atoms with van der Waals surface area (Å²) in [4.78, 5) is 71.7. The summed E-state index contributed by atoms with van der Waals surface area (Å²) in [6, 6.07) is 0. The number of rotatable bonds is 62. The summed E-state index contributed by atoms with van der Waals surface area (Å²) in [6.07, 6.45) is 38.4. The van der Waals surface area contributed by atoms with Crippen molar-refractivity contribution < 1.29 is 80.2 Å². The SMILES string of the molecule is CCCCCCCCCC(=O)O[C@H](COC(=O)CCCCCCC)COP(=O)(O)OC[C@H](O)COP(=O)(O)OC[C@@H](COC(=O)CCCCCCCCC(C)C)OC(=O)CCCCCCCCCCCCCCCCCCCCC(C)C. The molecule has 0 aliphatic carbocycles. The minimum Gasteiger partial charge on any atom is -0.462 e. The Morgan fingerprint density at radius 2 is 0.561 bits per heavy atom. The van der Waals surface area contributed by atoms with Crippen LogP contribution < -0.4 is 0 Å². The van der Waals surface area contributed by atoms with Crippen molar-refractivity contribution in [3.8, 4) is 0 Å². The first-order valence-electron chi connectivity index (χ1n) is 33.0. The molecular weight excluding hydrogens is 1090 g/mol. The van der Waals surface area contributed by atoms with E-state index < -0.39 is 97.5 Å². The van der Waals surface area contributed by atoms with Gasteiger partial charge in [0.1, 0.15) is 19.3 Å². The van der Waals surface area contributed by atoms with Gasteiger partial charge in [-0.05, 0) is 37.5 Å². The maximum absolute atomic E-state index is 13.0. The number of ether oxygens (including phenoxy) is 4. The molecule has 0 aliphatic rings. The van der Waals surface area contributed by atoms with E-state index in [4.69, 9.17) is 37.0 Å². The van der Waals surface area contributed by atoms with Crippen molar-refractivity contribution in [1.82, 2.24) is 0 Å². The van der Waals surface area contributed by atoms with E-state index in [-0.39, 0.29) is 25.7 Å². The lowest BCUT2D eigenvalue weighted by atomic mass is 10.0. The normalized spacial score (nSPS) is 14.3. The Balaban J connectivity index is 5.03. The van der Waals surface area contributed by atoms with Gasteiger partial charge in [0, 0.05) is 25.7 Å². The molecule has 0 bridgehead atoms. The molecule has 0 saturated heterocycles. The van der Waals surface area contributed by atoms with Gasteiger partial charge in [-0.3, -0.25) is 37.3 Å². The summed E-state index contributed by atoms with van der Waals surface area (Å²) in [5.41, 5.74) is 0. The van der Waals surface area contributed by atoms with Gasteiger partial charge in [-0.1, -0.05) is 260 Å². The van der Waals surface area contributed by atoms with E-state index in [9.17, 15) is 43.2 Å². The number of aliphatic hydroxyl groups is 1. The van der Waals surface area contributed by atoms with Crippen molar-refractivity contribution in [3.05, 3.63) is 0 Å². The zero-order valence-electron chi connectivity index (χ0n) is 52.8. The first-order chi connectivity index (χ1) is 39.4. The number of aliphatic hydroxyl groups excluding tert-OH is 1. The molecule has 0 saturated carbocycles. The van der Waals surface area contributed by atoms with E-state index in [1.54, 1.807) is 0 Å². The van der Waals surface area contributed by atoms with Gasteiger partial charge in [0.15, 0.2) is 12.2 Å². The summed E-state index contributed by atoms with van der Waals surface area (Å²) < 4.78 is 67.6. The molecular formula is C63H122O17P2. The van der Waals surface area contributed by atoms with Crippen LogP contribution in [0.15, 0.2) is 0 Å². The molecule has 0 amide bonds. The molecule has 0 spiro atoms. The number of phosphoric ester groups is 2. The fourth-order valence-corrected chi connectivity index (χ4v) is 10.9. The van der Waals surface area contributed by atoms with E-state index in [0.717, 1.165) is 121 Å². The second kappa shape index (κ2) is 55.6. The maximum atomic E-state index is 13.0. The first kappa shape index (κ1) is 80.1. The van der Waals surface area contributed by atoms with Crippen molar-refractivity contribution in [2.45, 2.75) is 330 Å². The molecule has 5 atom stereocenters.